The van der Waals surface area contributed by atoms with Crippen LogP contribution in [0.5, 0.6) is 0 Å². The molecule has 0 aromatic heterocycles. The van der Waals surface area contributed by atoms with Gasteiger partial charge in [0.05, 0.1) is 17.4 Å². The van der Waals surface area contributed by atoms with Crippen molar-refractivity contribution in [2.45, 2.75) is 25.5 Å². The lowest BCUT2D eigenvalue weighted by Crippen LogP contribution is -2.27. The smallest absolute Gasteiger partial charge is 0.337 e. The molecule has 0 radical (unpaired) electrons. The van der Waals surface area contributed by atoms with Gasteiger partial charge in [0.25, 0.3) is 0 Å². The highest BCUT2D eigenvalue weighted by Gasteiger charge is 2.19. The van der Waals surface area contributed by atoms with Crippen molar-refractivity contribution in [3.63, 3.8) is 0 Å². The number of anilines is 1. The highest BCUT2D eigenvalue weighted by Crippen LogP contribution is 2.16. The lowest BCUT2D eigenvalue weighted by atomic mass is 10.2. The Kier molecular flexibility index (Phi) is 4.28. The number of rotatable bonds is 3. The summed E-state index contributed by atoms with van der Waals surface area (Å²) in [6.07, 6.45) is 0. The molecule has 1 aromatic carbocycles. The second-order valence-electron chi connectivity index (χ2n) is 4.55. The van der Waals surface area contributed by atoms with E-state index in [2.05, 4.69) is 9.46 Å². The topological polar surface area (TPSA) is 55.4 Å². The molecular weight excluding hydrogens is 238 g/mol. The van der Waals surface area contributed by atoms with Gasteiger partial charge in [-0.1, -0.05) is 0 Å². The van der Waals surface area contributed by atoms with Gasteiger partial charge < -0.3 is 9.46 Å². The molecule has 1 rings (SSSR count). The lowest BCUT2D eigenvalue weighted by Gasteiger charge is -2.18. The van der Waals surface area contributed by atoms with Crippen LogP contribution >= 0.6 is 0 Å². The quantitative estimate of drug-likeness (QED) is 0.843. The molecule has 0 fully saturated rings. The molecule has 1 N–H and O–H groups in total. The lowest BCUT2D eigenvalue weighted by molar-refractivity contribution is 0.0601. The predicted molar refractivity (Wildman–Crippen MR) is 69.3 cm³/mol. The van der Waals surface area contributed by atoms with E-state index in [1.807, 2.05) is 20.8 Å². The third-order valence-corrected chi connectivity index (χ3v) is 3.61. The van der Waals surface area contributed by atoms with E-state index in [9.17, 15) is 9.00 Å². The van der Waals surface area contributed by atoms with Gasteiger partial charge in [-0.15, -0.1) is 0 Å². The van der Waals surface area contributed by atoms with E-state index in [4.69, 9.17) is 0 Å². The van der Waals surface area contributed by atoms with Gasteiger partial charge in [0, 0.05) is 5.69 Å². The first-order chi connectivity index (χ1) is 7.84. The van der Waals surface area contributed by atoms with E-state index >= 15 is 0 Å². The molecule has 0 saturated heterocycles. The summed E-state index contributed by atoms with van der Waals surface area (Å²) in [6.45, 7) is 5.66. The molecule has 94 valence electrons. The minimum Gasteiger partial charge on any atom is -0.465 e. The van der Waals surface area contributed by atoms with Crippen LogP contribution in [-0.4, -0.2) is 22.0 Å². The van der Waals surface area contributed by atoms with E-state index in [1.54, 1.807) is 24.3 Å². The van der Waals surface area contributed by atoms with Crippen molar-refractivity contribution in [1.29, 1.82) is 0 Å². The molecule has 17 heavy (non-hydrogen) atoms. The Labute approximate surface area is 104 Å². The molecule has 0 bridgehead atoms. The van der Waals surface area contributed by atoms with Gasteiger partial charge in [-0.25, -0.2) is 9.00 Å². The first kappa shape index (κ1) is 13.7. The molecule has 1 atom stereocenters. The monoisotopic (exact) mass is 255 g/mol. The average molecular weight is 255 g/mol. The van der Waals surface area contributed by atoms with Crippen LogP contribution in [0.25, 0.3) is 0 Å². The van der Waals surface area contributed by atoms with Crippen molar-refractivity contribution < 1.29 is 13.7 Å². The Bertz CT molecular complexity index is 420. The van der Waals surface area contributed by atoms with Gasteiger partial charge >= 0.3 is 5.97 Å². The third kappa shape index (κ3) is 3.85. The second-order valence-corrected chi connectivity index (χ2v) is 6.52. The number of hydrogen-bond acceptors (Lipinski definition) is 3. The number of benzene rings is 1. The fourth-order valence-electron chi connectivity index (χ4n) is 1.05. The van der Waals surface area contributed by atoms with E-state index in [1.165, 1.54) is 7.11 Å². The summed E-state index contributed by atoms with van der Waals surface area (Å²) in [4.78, 5) is 11.2. The second kappa shape index (κ2) is 5.31. The molecule has 0 saturated carbocycles. The molecular formula is C12H17NO3S. The number of methoxy groups -OCH3 is 1. The number of hydrogen-bond donors (Lipinski definition) is 1. The molecule has 0 aliphatic carbocycles. The number of carbonyl (C=O) groups is 1. The molecule has 0 aliphatic rings. The molecule has 1 aromatic rings. The van der Waals surface area contributed by atoms with E-state index < -0.39 is 11.0 Å². The van der Waals surface area contributed by atoms with Crippen LogP contribution in [-0.2, 0) is 15.7 Å². The summed E-state index contributed by atoms with van der Waals surface area (Å²) in [7, 11) is 0.163. The van der Waals surface area contributed by atoms with Gasteiger partial charge in [-0.05, 0) is 45.0 Å². The van der Waals surface area contributed by atoms with E-state index in [0.29, 0.717) is 11.3 Å². The fourth-order valence-corrected chi connectivity index (χ4v) is 1.71. The van der Waals surface area contributed by atoms with Gasteiger partial charge in [-0.3, -0.25) is 0 Å². The zero-order valence-corrected chi connectivity index (χ0v) is 11.3. The van der Waals surface area contributed by atoms with Crippen LogP contribution in [0.4, 0.5) is 5.69 Å². The van der Waals surface area contributed by atoms with Gasteiger partial charge in [0.1, 0.15) is 11.0 Å². The number of ether oxygens (including phenoxy) is 1. The Morgan fingerprint density at radius 3 is 2.18 bits per heavy atom. The summed E-state index contributed by atoms with van der Waals surface area (Å²) in [5.74, 6) is -0.381. The van der Waals surface area contributed by atoms with Gasteiger partial charge in [0.15, 0.2) is 0 Å². The Hall–Kier alpha value is -1.36. The Balaban J connectivity index is 2.76. The van der Waals surface area contributed by atoms with E-state index in [-0.39, 0.29) is 10.7 Å². The number of nitrogens with one attached hydrogen (secondary N) is 1. The summed E-state index contributed by atoms with van der Waals surface area (Å²) in [5, 5.41) is 0. The minimum atomic E-state index is -1.17. The molecule has 1 unspecified atom stereocenters. The maximum atomic E-state index is 11.8. The predicted octanol–water partition coefficient (Wildman–Crippen LogP) is 2.35. The first-order valence-electron chi connectivity index (χ1n) is 5.21. The van der Waals surface area contributed by atoms with Crippen molar-refractivity contribution in [1.82, 2.24) is 0 Å². The highest BCUT2D eigenvalue weighted by molar-refractivity contribution is 7.87. The van der Waals surface area contributed by atoms with Crippen molar-refractivity contribution in [2.24, 2.45) is 0 Å². The summed E-state index contributed by atoms with van der Waals surface area (Å²) >= 11 is 0. The zero-order valence-electron chi connectivity index (χ0n) is 10.4. The SMILES string of the molecule is COC(=O)c1ccc(NS(=O)C(C)(C)C)cc1. The molecule has 0 amide bonds. The molecule has 0 aliphatic heterocycles. The first-order valence-corrected chi connectivity index (χ1v) is 6.36. The maximum absolute atomic E-state index is 11.8. The summed E-state index contributed by atoms with van der Waals surface area (Å²) in [5.41, 5.74) is 1.19. The van der Waals surface area contributed by atoms with E-state index in [0.717, 1.165) is 0 Å². The Morgan fingerprint density at radius 2 is 1.76 bits per heavy atom. The normalized spacial score (nSPS) is 12.9. The van der Waals surface area contributed by atoms with Crippen LogP contribution < -0.4 is 4.72 Å². The number of esters is 1. The number of carbonyl (C=O) groups excluding carboxylic acids is 1. The van der Waals surface area contributed by atoms with Crippen LogP contribution in [0.3, 0.4) is 0 Å². The summed E-state index contributed by atoms with van der Waals surface area (Å²) in [6, 6.07) is 6.67. The van der Waals surface area contributed by atoms with Crippen LogP contribution in [0.2, 0.25) is 0 Å². The summed E-state index contributed by atoms with van der Waals surface area (Å²) < 4.78 is 19.0. The minimum absolute atomic E-state index is 0.332. The largest absolute Gasteiger partial charge is 0.465 e. The van der Waals surface area contributed by atoms with Crippen LogP contribution in [0.15, 0.2) is 24.3 Å². The van der Waals surface area contributed by atoms with Gasteiger partial charge in [0.2, 0.25) is 0 Å². The van der Waals surface area contributed by atoms with Crippen molar-refractivity contribution in [3.05, 3.63) is 29.8 Å². The molecule has 0 spiro atoms. The van der Waals surface area contributed by atoms with Crippen LogP contribution in [0.1, 0.15) is 31.1 Å². The van der Waals surface area contributed by atoms with Crippen molar-refractivity contribution in [2.75, 3.05) is 11.8 Å². The maximum Gasteiger partial charge on any atom is 0.337 e. The third-order valence-electron chi connectivity index (χ3n) is 2.07. The average Bonchev–Trinajstić information content (AvgIpc) is 2.27. The fraction of sp³-hybridized carbons (Fsp3) is 0.417. The standard InChI is InChI=1S/C12H17NO3S/c1-12(2,3)17(15)13-10-7-5-9(6-8-10)11(14)16-4/h5-8,13H,1-4H3. The van der Waals surface area contributed by atoms with Crippen molar-refractivity contribution >= 4 is 22.6 Å². The molecule has 5 heteroatoms. The molecule has 4 nitrogen and oxygen atoms in total. The van der Waals surface area contributed by atoms with Crippen LogP contribution in [0, 0.1) is 0 Å². The Morgan fingerprint density at radius 1 is 1.24 bits per heavy atom. The van der Waals surface area contributed by atoms with Gasteiger partial charge in [-0.2, -0.15) is 0 Å². The highest BCUT2D eigenvalue weighted by atomic mass is 32.2. The van der Waals surface area contributed by atoms with Crippen molar-refractivity contribution in [3.8, 4) is 0 Å². The zero-order chi connectivity index (χ0) is 13.1. The molecule has 0 heterocycles.